The average Bonchev–Trinajstić information content (AvgIpc) is 3.88. The van der Waals surface area contributed by atoms with Crippen molar-refractivity contribution in [2.45, 2.75) is 6.92 Å². The molecule has 0 saturated heterocycles. The van der Waals surface area contributed by atoms with Crippen LogP contribution < -0.4 is 0 Å². The van der Waals surface area contributed by atoms with Crippen molar-refractivity contribution in [3.05, 3.63) is 242 Å². The molecule has 11 aromatic carbocycles. The van der Waals surface area contributed by atoms with Crippen molar-refractivity contribution in [2.24, 2.45) is 0 Å². The highest BCUT2D eigenvalue weighted by atomic mass is 15.0. The van der Waals surface area contributed by atoms with Crippen LogP contribution in [0.2, 0.25) is 0 Å². The lowest BCUT2D eigenvalue weighted by molar-refractivity contribution is 1.18. The summed E-state index contributed by atoms with van der Waals surface area (Å²) in [5.41, 5.74) is 18.3. The number of aromatic nitrogens is 2. The molecule has 304 valence electrons. The lowest BCUT2D eigenvalue weighted by Gasteiger charge is -2.19. The van der Waals surface area contributed by atoms with Crippen molar-refractivity contribution < 1.29 is 0 Å². The van der Waals surface area contributed by atoms with Crippen molar-refractivity contribution >= 4 is 65.2 Å². The monoisotopic (exact) mass is 826 g/mol. The predicted octanol–water partition coefficient (Wildman–Crippen LogP) is 17.2. The molecule has 0 unspecified atom stereocenters. The fourth-order valence-electron chi connectivity index (χ4n) is 10.6. The quantitative estimate of drug-likeness (QED) is 0.148. The summed E-state index contributed by atoms with van der Waals surface area (Å²) < 4.78 is 4.75. The maximum atomic E-state index is 2.38. The number of hydrogen-bond donors (Lipinski definition) is 0. The van der Waals surface area contributed by atoms with E-state index in [0.29, 0.717) is 0 Å². The van der Waals surface area contributed by atoms with Gasteiger partial charge in [-0.05, 0) is 134 Å². The first-order valence-corrected chi connectivity index (χ1v) is 22.5. The molecule has 0 amide bonds. The topological polar surface area (TPSA) is 9.86 Å². The van der Waals surface area contributed by atoms with Crippen LogP contribution in [0.4, 0.5) is 0 Å². The Bertz CT molecular complexity index is 3970. The summed E-state index contributed by atoms with van der Waals surface area (Å²) in [7, 11) is 0. The minimum Gasteiger partial charge on any atom is -0.309 e. The Hall–Kier alpha value is -8.46. The molecule has 2 heterocycles. The van der Waals surface area contributed by atoms with Gasteiger partial charge in [0, 0.05) is 32.9 Å². The zero-order valence-electron chi connectivity index (χ0n) is 35.9. The molecule has 0 aliphatic rings. The molecule has 0 aliphatic heterocycles. The van der Waals surface area contributed by atoms with Crippen LogP contribution in [0.3, 0.4) is 0 Å². The van der Waals surface area contributed by atoms with Crippen molar-refractivity contribution in [3.8, 4) is 55.9 Å². The lowest BCUT2D eigenvalue weighted by Crippen LogP contribution is -1.93. The molecular weight excluding hydrogens is 785 g/mol. The van der Waals surface area contributed by atoms with Gasteiger partial charge in [-0.2, -0.15) is 0 Å². The number of rotatable bonds is 6. The summed E-state index contributed by atoms with van der Waals surface area (Å²) in [4.78, 5) is 0. The second-order valence-corrected chi connectivity index (χ2v) is 17.3. The van der Waals surface area contributed by atoms with Crippen LogP contribution in [-0.2, 0) is 0 Å². The lowest BCUT2D eigenvalue weighted by atomic mass is 9.85. The molecular formula is C63H42N2. The summed E-state index contributed by atoms with van der Waals surface area (Å²) in [5, 5.41) is 10.1. The minimum atomic E-state index is 1.17. The number of nitrogens with zero attached hydrogens (tertiary/aromatic N) is 2. The van der Waals surface area contributed by atoms with E-state index in [1.807, 2.05) is 0 Å². The number of aryl methyl sites for hydroxylation is 1. The smallest absolute Gasteiger partial charge is 0.0541 e. The summed E-state index contributed by atoms with van der Waals surface area (Å²) in [5.74, 6) is 0. The molecule has 2 aromatic heterocycles. The Morgan fingerprint density at radius 1 is 0.231 bits per heavy atom. The van der Waals surface area contributed by atoms with Gasteiger partial charge in [0.2, 0.25) is 0 Å². The van der Waals surface area contributed by atoms with E-state index in [9.17, 15) is 0 Å². The number of benzene rings is 11. The van der Waals surface area contributed by atoms with Gasteiger partial charge in [-0.1, -0.05) is 181 Å². The van der Waals surface area contributed by atoms with Crippen molar-refractivity contribution in [3.63, 3.8) is 0 Å². The van der Waals surface area contributed by atoms with Crippen LogP contribution in [0.25, 0.3) is 121 Å². The van der Waals surface area contributed by atoms with E-state index in [2.05, 4.69) is 253 Å². The summed E-state index contributed by atoms with van der Waals surface area (Å²) in [6, 6.07) is 87.0. The van der Waals surface area contributed by atoms with Crippen LogP contribution >= 0.6 is 0 Å². The number of hydrogen-bond acceptors (Lipinski definition) is 0. The Morgan fingerprint density at radius 2 is 0.585 bits per heavy atom. The van der Waals surface area contributed by atoms with Gasteiger partial charge in [-0.15, -0.1) is 0 Å². The molecule has 13 aromatic rings. The molecule has 0 fully saturated rings. The number of para-hydroxylation sites is 4. The Balaban J connectivity index is 0.897. The molecule has 2 nitrogen and oxygen atoms in total. The second-order valence-electron chi connectivity index (χ2n) is 17.3. The van der Waals surface area contributed by atoms with E-state index < -0.39 is 0 Å². The normalized spacial score (nSPS) is 11.8. The van der Waals surface area contributed by atoms with Crippen LogP contribution in [0, 0.1) is 6.92 Å². The molecule has 0 radical (unpaired) electrons. The Labute approximate surface area is 377 Å². The average molecular weight is 827 g/mol. The van der Waals surface area contributed by atoms with Gasteiger partial charge in [-0.3, -0.25) is 0 Å². The first kappa shape index (κ1) is 37.1. The van der Waals surface area contributed by atoms with E-state index in [1.165, 1.54) is 127 Å². The van der Waals surface area contributed by atoms with E-state index in [4.69, 9.17) is 0 Å². The molecule has 0 aliphatic carbocycles. The molecule has 13 rings (SSSR count). The van der Waals surface area contributed by atoms with Crippen LogP contribution in [0.1, 0.15) is 5.56 Å². The SMILES string of the molecule is Cc1ccc2c(-c3ccc(-c4ccc5c(c4)c4ccccc4n5-c4ccccc4)cc3)c3ccccc3c(-c3ccc(-c4ccc5c(c4)c4ccccc4n5-c4ccccc4)cc3)c2c1. The largest absolute Gasteiger partial charge is 0.309 e. The van der Waals surface area contributed by atoms with Crippen LogP contribution in [0.5, 0.6) is 0 Å². The van der Waals surface area contributed by atoms with Crippen molar-refractivity contribution in [1.82, 2.24) is 9.13 Å². The van der Waals surface area contributed by atoms with Crippen LogP contribution in [0.15, 0.2) is 237 Å². The van der Waals surface area contributed by atoms with Gasteiger partial charge in [0.1, 0.15) is 0 Å². The van der Waals surface area contributed by atoms with E-state index in [1.54, 1.807) is 0 Å². The van der Waals surface area contributed by atoms with Crippen LogP contribution in [-0.4, -0.2) is 9.13 Å². The molecule has 0 saturated carbocycles. The van der Waals surface area contributed by atoms with Gasteiger partial charge in [0.25, 0.3) is 0 Å². The summed E-state index contributed by atoms with van der Waals surface area (Å²) in [6.07, 6.45) is 0. The van der Waals surface area contributed by atoms with E-state index >= 15 is 0 Å². The first-order chi connectivity index (χ1) is 32.2. The van der Waals surface area contributed by atoms with Gasteiger partial charge < -0.3 is 9.13 Å². The van der Waals surface area contributed by atoms with Crippen molar-refractivity contribution in [1.29, 1.82) is 0 Å². The van der Waals surface area contributed by atoms with Gasteiger partial charge in [0.15, 0.2) is 0 Å². The zero-order valence-corrected chi connectivity index (χ0v) is 35.9. The predicted molar refractivity (Wildman–Crippen MR) is 277 cm³/mol. The third-order valence-electron chi connectivity index (χ3n) is 13.6. The highest BCUT2D eigenvalue weighted by Crippen LogP contribution is 2.45. The number of fused-ring (bicyclic) bond motifs is 8. The molecule has 2 heteroatoms. The van der Waals surface area contributed by atoms with Crippen molar-refractivity contribution in [2.75, 3.05) is 0 Å². The summed E-state index contributed by atoms with van der Waals surface area (Å²) in [6.45, 7) is 2.20. The second kappa shape index (κ2) is 14.8. The maximum absolute atomic E-state index is 2.38. The third kappa shape index (κ3) is 5.95. The highest BCUT2D eigenvalue weighted by Gasteiger charge is 2.19. The standard InChI is InChI=1S/C63H42N2/c1-41-24-35-54-57(38-41)63(45-31-27-43(28-32-45)47-34-37-61-56(40-47)51-19-11-13-23-59(51)65(61)49-16-6-3-7-17-49)53-21-9-8-20-52(53)62(54)44-29-25-42(26-30-44)46-33-36-60-55(39-46)50-18-10-12-22-58(50)64(60)48-14-4-2-5-15-48/h2-40H,1H3. The first-order valence-electron chi connectivity index (χ1n) is 22.5. The van der Waals surface area contributed by atoms with Gasteiger partial charge in [-0.25, -0.2) is 0 Å². The third-order valence-corrected chi connectivity index (χ3v) is 13.6. The fourth-order valence-corrected chi connectivity index (χ4v) is 10.6. The van der Waals surface area contributed by atoms with Gasteiger partial charge >= 0.3 is 0 Å². The molecule has 0 atom stereocenters. The molecule has 65 heavy (non-hydrogen) atoms. The fraction of sp³-hybridized carbons (Fsp3) is 0.0159. The summed E-state index contributed by atoms with van der Waals surface area (Å²) >= 11 is 0. The molecule has 0 bridgehead atoms. The van der Waals surface area contributed by atoms with E-state index in [-0.39, 0.29) is 0 Å². The van der Waals surface area contributed by atoms with E-state index in [0.717, 1.165) is 0 Å². The zero-order chi connectivity index (χ0) is 43.0. The highest BCUT2D eigenvalue weighted by molar-refractivity contribution is 6.22. The molecule has 0 N–H and O–H groups in total. The van der Waals surface area contributed by atoms with Gasteiger partial charge in [0.05, 0.1) is 22.1 Å². The Morgan fingerprint density at radius 3 is 1.06 bits per heavy atom. The Kier molecular flexibility index (Phi) is 8.47. The molecule has 0 spiro atoms. The maximum Gasteiger partial charge on any atom is 0.0541 e. The minimum absolute atomic E-state index is 1.17.